The van der Waals surface area contributed by atoms with Gasteiger partial charge in [0.25, 0.3) is 5.91 Å². The van der Waals surface area contributed by atoms with E-state index < -0.39 is 0 Å². The van der Waals surface area contributed by atoms with Crippen LogP contribution in [0.1, 0.15) is 54.5 Å². The molecule has 0 spiro atoms. The molecule has 0 atom stereocenters. The summed E-state index contributed by atoms with van der Waals surface area (Å²) in [7, 11) is 0. The average molecular weight is 476 g/mol. The molecular weight excluding hydrogens is 446 g/mol. The minimum absolute atomic E-state index is 0.0821. The van der Waals surface area contributed by atoms with Crippen molar-refractivity contribution >= 4 is 17.7 Å². The second kappa shape index (κ2) is 11.7. The van der Waals surface area contributed by atoms with Crippen molar-refractivity contribution in [3.8, 4) is 5.69 Å². The second-order valence-corrected chi connectivity index (χ2v) is 8.88. The molecule has 4 aromatic rings. The minimum Gasteiger partial charge on any atom is -0.447 e. The number of thioether (sulfide) groups is 1. The van der Waals surface area contributed by atoms with Crippen molar-refractivity contribution in [2.45, 2.75) is 44.0 Å². The van der Waals surface area contributed by atoms with Gasteiger partial charge in [-0.25, -0.2) is 4.98 Å². The van der Waals surface area contributed by atoms with E-state index in [4.69, 9.17) is 4.42 Å². The molecular formula is C26H29N5O2S. The van der Waals surface area contributed by atoms with Crippen molar-refractivity contribution in [3.63, 3.8) is 0 Å². The fourth-order valence-electron chi connectivity index (χ4n) is 3.74. The van der Waals surface area contributed by atoms with Crippen LogP contribution >= 0.6 is 11.8 Å². The van der Waals surface area contributed by atoms with E-state index in [9.17, 15) is 4.79 Å². The van der Waals surface area contributed by atoms with E-state index in [1.807, 2.05) is 53.4 Å². The number of carbonyl (C=O) groups excluding carboxylic acids is 1. The first-order valence-corrected chi connectivity index (χ1v) is 12.6. The molecule has 0 N–H and O–H groups in total. The van der Waals surface area contributed by atoms with Crippen molar-refractivity contribution in [2.24, 2.45) is 0 Å². The van der Waals surface area contributed by atoms with Gasteiger partial charge in [0, 0.05) is 25.2 Å². The van der Waals surface area contributed by atoms with Crippen LogP contribution < -0.4 is 0 Å². The van der Waals surface area contributed by atoms with Crippen LogP contribution in [-0.2, 0) is 12.2 Å². The number of amides is 1. The van der Waals surface area contributed by atoms with Crippen molar-refractivity contribution in [2.75, 3.05) is 13.1 Å². The quantitative estimate of drug-likeness (QED) is 0.270. The number of para-hydroxylation sites is 1. The molecule has 0 fully saturated rings. The Bertz CT molecular complexity index is 1180. The lowest BCUT2D eigenvalue weighted by Gasteiger charge is -2.19. The number of nitrogens with zero attached hydrogens (tertiary/aromatic N) is 5. The molecule has 0 saturated heterocycles. The van der Waals surface area contributed by atoms with Crippen molar-refractivity contribution in [3.05, 3.63) is 89.9 Å². The Morgan fingerprint density at radius 1 is 0.971 bits per heavy atom. The summed E-state index contributed by atoms with van der Waals surface area (Å²) in [6.45, 7) is 5.56. The number of oxazole rings is 1. The molecule has 1 amide bonds. The average Bonchev–Trinajstić information content (AvgIpc) is 3.50. The highest BCUT2D eigenvalue weighted by atomic mass is 32.2. The highest BCUT2D eigenvalue weighted by molar-refractivity contribution is 7.98. The normalized spacial score (nSPS) is 11.0. The molecule has 34 heavy (non-hydrogen) atoms. The number of carbonyl (C=O) groups is 1. The van der Waals surface area contributed by atoms with Gasteiger partial charge in [-0.05, 0) is 30.5 Å². The standard InChI is InChI=1S/C26H29N5O2S/c1-3-15-30(16-4-2)25(32)22-18-33-24(27-22)19-34-26-29-28-23(17-20-11-7-5-8-12-20)31(26)21-13-9-6-10-14-21/h5-14,18H,3-4,15-17,19H2,1-2H3. The van der Waals surface area contributed by atoms with Gasteiger partial charge in [0.15, 0.2) is 10.9 Å². The van der Waals surface area contributed by atoms with Gasteiger partial charge in [0.2, 0.25) is 5.89 Å². The van der Waals surface area contributed by atoms with E-state index in [1.54, 1.807) is 0 Å². The maximum Gasteiger partial charge on any atom is 0.275 e. The van der Waals surface area contributed by atoms with Crippen LogP contribution in [-0.4, -0.2) is 43.6 Å². The lowest BCUT2D eigenvalue weighted by molar-refractivity contribution is 0.0749. The van der Waals surface area contributed by atoms with Crippen molar-refractivity contribution in [1.29, 1.82) is 0 Å². The van der Waals surface area contributed by atoms with E-state index in [2.05, 4.69) is 45.7 Å². The Hall–Kier alpha value is -3.39. The van der Waals surface area contributed by atoms with E-state index in [1.165, 1.54) is 23.6 Å². The monoisotopic (exact) mass is 475 g/mol. The first-order valence-electron chi connectivity index (χ1n) is 11.6. The molecule has 2 aromatic carbocycles. The van der Waals surface area contributed by atoms with Gasteiger partial charge in [-0.15, -0.1) is 10.2 Å². The predicted octanol–water partition coefficient (Wildman–Crippen LogP) is 5.40. The molecule has 7 nitrogen and oxygen atoms in total. The molecule has 0 radical (unpaired) electrons. The largest absolute Gasteiger partial charge is 0.447 e. The Morgan fingerprint density at radius 3 is 2.32 bits per heavy atom. The molecule has 0 unspecified atom stereocenters. The van der Waals surface area contributed by atoms with Crippen LogP contribution in [0.5, 0.6) is 0 Å². The fourth-order valence-corrected chi connectivity index (χ4v) is 4.57. The Balaban J connectivity index is 1.52. The summed E-state index contributed by atoms with van der Waals surface area (Å²) in [4.78, 5) is 19.1. The molecule has 0 aliphatic rings. The highest BCUT2D eigenvalue weighted by Gasteiger charge is 2.20. The minimum atomic E-state index is -0.0821. The first-order chi connectivity index (χ1) is 16.7. The Morgan fingerprint density at radius 2 is 1.65 bits per heavy atom. The topological polar surface area (TPSA) is 77.0 Å². The van der Waals surface area contributed by atoms with Gasteiger partial charge in [0.1, 0.15) is 12.1 Å². The third-order valence-electron chi connectivity index (χ3n) is 5.29. The van der Waals surface area contributed by atoms with Gasteiger partial charge in [-0.1, -0.05) is 74.1 Å². The van der Waals surface area contributed by atoms with E-state index in [-0.39, 0.29) is 5.91 Å². The molecule has 8 heteroatoms. The third kappa shape index (κ3) is 5.75. The van der Waals surface area contributed by atoms with Gasteiger partial charge < -0.3 is 9.32 Å². The maximum atomic E-state index is 12.8. The zero-order chi connectivity index (χ0) is 23.8. The molecule has 0 aliphatic heterocycles. The first kappa shape index (κ1) is 23.8. The van der Waals surface area contributed by atoms with Crippen LogP contribution in [0.4, 0.5) is 0 Å². The van der Waals surface area contributed by atoms with Gasteiger partial charge >= 0.3 is 0 Å². The number of benzene rings is 2. The molecule has 2 aromatic heterocycles. The van der Waals surface area contributed by atoms with Crippen molar-refractivity contribution in [1.82, 2.24) is 24.6 Å². The molecule has 0 bridgehead atoms. The summed E-state index contributed by atoms with van der Waals surface area (Å²) in [6.07, 6.45) is 3.95. The highest BCUT2D eigenvalue weighted by Crippen LogP contribution is 2.26. The Kier molecular flexibility index (Phi) is 8.14. The zero-order valence-electron chi connectivity index (χ0n) is 19.6. The van der Waals surface area contributed by atoms with Gasteiger partial charge in [-0.3, -0.25) is 9.36 Å². The lowest BCUT2D eigenvalue weighted by atomic mass is 10.1. The summed E-state index contributed by atoms with van der Waals surface area (Å²) in [6, 6.07) is 20.3. The summed E-state index contributed by atoms with van der Waals surface area (Å²) in [5.74, 6) is 1.72. The van der Waals surface area contributed by atoms with E-state index >= 15 is 0 Å². The molecule has 2 heterocycles. The SMILES string of the molecule is CCCN(CCC)C(=O)c1coc(CSc2nnc(Cc3ccccc3)n2-c2ccccc2)n1. The summed E-state index contributed by atoms with van der Waals surface area (Å²) in [5, 5.41) is 9.68. The maximum absolute atomic E-state index is 12.8. The summed E-state index contributed by atoms with van der Waals surface area (Å²) < 4.78 is 7.69. The van der Waals surface area contributed by atoms with E-state index in [0.29, 0.717) is 36.8 Å². The number of hydrogen-bond donors (Lipinski definition) is 0. The molecule has 176 valence electrons. The Labute approximate surface area is 204 Å². The van der Waals surface area contributed by atoms with Crippen molar-refractivity contribution < 1.29 is 9.21 Å². The van der Waals surface area contributed by atoms with Gasteiger partial charge in [0.05, 0.1) is 5.75 Å². The fraction of sp³-hybridized carbons (Fsp3) is 0.308. The van der Waals surface area contributed by atoms with Crippen LogP contribution in [0.15, 0.2) is 76.5 Å². The molecule has 4 rings (SSSR count). The smallest absolute Gasteiger partial charge is 0.275 e. The zero-order valence-corrected chi connectivity index (χ0v) is 20.4. The summed E-state index contributed by atoms with van der Waals surface area (Å²) >= 11 is 1.49. The number of aromatic nitrogens is 4. The number of rotatable bonds is 11. The second-order valence-electron chi connectivity index (χ2n) is 7.94. The van der Waals surface area contributed by atoms with Crippen LogP contribution in [0.3, 0.4) is 0 Å². The van der Waals surface area contributed by atoms with Crippen LogP contribution in [0, 0.1) is 0 Å². The summed E-state index contributed by atoms with van der Waals surface area (Å²) in [5.41, 5.74) is 2.52. The third-order valence-corrected chi connectivity index (χ3v) is 6.20. The lowest BCUT2D eigenvalue weighted by Crippen LogP contribution is -2.32. The predicted molar refractivity (Wildman–Crippen MR) is 133 cm³/mol. The van der Waals surface area contributed by atoms with E-state index in [0.717, 1.165) is 29.5 Å². The molecule has 0 saturated carbocycles. The van der Waals surface area contributed by atoms with Crippen LogP contribution in [0.2, 0.25) is 0 Å². The van der Waals surface area contributed by atoms with Crippen LogP contribution in [0.25, 0.3) is 5.69 Å². The molecule has 0 aliphatic carbocycles. The van der Waals surface area contributed by atoms with Gasteiger partial charge in [-0.2, -0.15) is 0 Å². The number of hydrogen-bond acceptors (Lipinski definition) is 6.